The minimum absolute atomic E-state index is 0.00464. The van der Waals surface area contributed by atoms with Gasteiger partial charge in [-0.3, -0.25) is 4.79 Å². The molecule has 0 aliphatic heterocycles. The van der Waals surface area contributed by atoms with Gasteiger partial charge in [0, 0.05) is 17.8 Å². The van der Waals surface area contributed by atoms with Gasteiger partial charge in [-0.2, -0.15) is 0 Å². The normalized spacial score (nSPS) is 14.1. The number of hydrogen-bond donors (Lipinski definition) is 2. The van der Waals surface area contributed by atoms with Crippen LogP contribution in [0.15, 0.2) is 17.1 Å². The molecule has 78 valence electrons. The molecule has 0 saturated carbocycles. The Hall–Kier alpha value is -1.09. The summed E-state index contributed by atoms with van der Waals surface area (Å²) in [7, 11) is 0. The highest BCUT2D eigenvalue weighted by atomic mass is 16.1. The molecule has 0 aromatic carbocycles. The predicted octanol–water partition coefficient (Wildman–Crippen LogP) is 1.73. The van der Waals surface area contributed by atoms with E-state index >= 15 is 0 Å². The van der Waals surface area contributed by atoms with Gasteiger partial charge in [-0.1, -0.05) is 20.8 Å². The van der Waals surface area contributed by atoms with Crippen LogP contribution in [0, 0.1) is 12.3 Å². The summed E-state index contributed by atoms with van der Waals surface area (Å²) in [5, 5.41) is 0. The molecule has 1 atom stereocenters. The van der Waals surface area contributed by atoms with Gasteiger partial charge in [0.1, 0.15) is 0 Å². The van der Waals surface area contributed by atoms with Gasteiger partial charge in [0.15, 0.2) is 0 Å². The molecule has 0 aliphatic carbocycles. The molecule has 3 N–H and O–H groups in total. The van der Waals surface area contributed by atoms with Crippen molar-refractivity contribution in [3.05, 3.63) is 33.7 Å². The van der Waals surface area contributed by atoms with E-state index in [0.717, 1.165) is 5.56 Å². The van der Waals surface area contributed by atoms with Gasteiger partial charge in [-0.05, 0) is 24.0 Å². The first-order valence-electron chi connectivity index (χ1n) is 4.77. The average molecular weight is 194 g/mol. The minimum Gasteiger partial charge on any atom is -0.329 e. The summed E-state index contributed by atoms with van der Waals surface area (Å²) >= 11 is 0. The number of rotatable bonds is 1. The van der Waals surface area contributed by atoms with Gasteiger partial charge >= 0.3 is 0 Å². The van der Waals surface area contributed by atoms with E-state index in [1.807, 2.05) is 6.07 Å². The lowest BCUT2D eigenvalue weighted by molar-refractivity contribution is 0.326. The summed E-state index contributed by atoms with van der Waals surface area (Å²) < 4.78 is 0. The van der Waals surface area contributed by atoms with Crippen LogP contribution in [0.2, 0.25) is 0 Å². The highest BCUT2D eigenvalue weighted by molar-refractivity contribution is 5.21. The number of nitrogens with two attached hydrogens (primary N) is 1. The van der Waals surface area contributed by atoms with E-state index in [9.17, 15) is 4.79 Å². The fourth-order valence-electron chi connectivity index (χ4n) is 1.30. The van der Waals surface area contributed by atoms with Crippen LogP contribution >= 0.6 is 0 Å². The van der Waals surface area contributed by atoms with E-state index in [4.69, 9.17) is 5.73 Å². The van der Waals surface area contributed by atoms with Crippen molar-refractivity contribution in [2.75, 3.05) is 0 Å². The van der Waals surface area contributed by atoms with Crippen LogP contribution in [0.3, 0.4) is 0 Å². The molecule has 0 saturated heterocycles. The Balaban J connectivity index is 3.09. The fourth-order valence-corrected chi connectivity index (χ4v) is 1.30. The molecule has 0 aliphatic rings. The molecule has 1 aromatic rings. The van der Waals surface area contributed by atoms with Crippen molar-refractivity contribution in [2.24, 2.45) is 11.1 Å². The Labute approximate surface area is 84.3 Å². The van der Waals surface area contributed by atoms with Gasteiger partial charge in [0.25, 0.3) is 5.56 Å². The minimum atomic E-state index is -0.0574. The number of nitrogens with one attached hydrogen (secondary N) is 1. The zero-order valence-electron chi connectivity index (χ0n) is 9.22. The highest BCUT2D eigenvalue weighted by Crippen LogP contribution is 2.29. The quantitative estimate of drug-likeness (QED) is 0.715. The van der Waals surface area contributed by atoms with Crippen molar-refractivity contribution in [1.29, 1.82) is 0 Å². The largest absolute Gasteiger partial charge is 0.329 e. The van der Waals surface area contributed by atoms with E-state index in [1.54, 1.807) is 13.1 Å². The summed E-state index contributed by atoms with van der Waals surface area (Å²) in [6.45, 7) is 8.03. The molecule has 14 heavy (non-hydrogen) atoms. The number of aromatic nitrogens is 1. The molecular formula is C11H18N2O. The topological polar surface area (TPSA) is 58.9 Å². The van der Waals surface area contributed by atoms with Crippen molar-refractivity contribution < 1.29 is 0 Å². The lowest BCUT2D eigenvalue weighted by atomic mass is 9.83. The second-order valence-electron chi connectivity index (χ2n) is 4.79. The molecule has 0 radical (unpaired) electrons. The number of H-pyrrole nitrogens is 1. The third kappa shape index (κ3) is 2.23. The van der Waals surface area contributed by atoms with Gasteiger partial charge in [-0.15, -0.1) is 0 Å². The summed E-state index contributed by atoms with van der Waals surface area (Å²) in [6.07, 6.45) is 1.70. The van der Waals surface area contributed by atoms with Crippen LogP contribution in [0.25, 0.3) is 0 Å². The Morgan fingerprint density at radius 1 is 1.43 bits per heavy atom. The maximum Gasteiger partial charge on any atom is 0.250 e. The Kier molecular flexibility index (Phi) is 2.81. The Bertz CT molecular complexity index is 374. The first-order chi connectivity index (χ1) is 6.32. The molecule has 3 heteroatoms. The van der Waals surface area contributed by atoms with Crippen LogP contribution in [-0.4, -0.2) is 4.98 Å². The molecule has 0 spiro atoms. The van der Waals surface area contributed by atoms with Crippen LogP contribution in [-0.2, 0) is 0 Å². The van der Waals surface area contributed by atoms with E-state index in [0.29, 0.717) is 5.56 Å². The molecule has 0 bridgehead atoms. The van der Waals surface area contributed by atoms with E-state index in [2.05, 4.69) is 25.8 Å². The van der Waals surface area contributed by atoms with E-state index in [1.165, 1.54) is 0 Å². The highest BCUT2D eigenvalue weighted by Gasteiger charge is 2.22. The maximum absolute atomic E-state index is 11.1. The first kappa shape index (κ1) is 11.0. The number of aryl methyl sites for hydroxylation is 1. The molecule has 1 rings (SSSR count). The van der Waals surface area contributed by atoms with Crippen molar-refractivity contribution >= 4 is 0 Å². The molecule has 1 aromatic heterocycles. The summed E-state index contributed by atoms with van der Waals surface area (Å²) in [6, 6.07) is 1.80. The smallest absolute Gasteiger partial charge is 0.250 e. The molecule has 0 fully saturated rings. The molecular weight excluding hydrogens is 176 g/mol. The van der Waals surface area contributed by atoms with Crippen molar-refractivity contribution in [3.63, 3.8) is 0 Å². The Morgan fingerprint density at radius 2 is 2.00 bits per heavy atom. The standard InChI is InChI=1S/C11H18N2O/c1-7-5-8(6-13-10(7)14)9(12)11(2,3)4/h5-6,9H,12H2,1-4H3,(H,13,14)/t9-/m0/s1. The third-order valence-corrected chi connectivity index (χ3v) is 2.40. The van der Waals surface area contributed by atoms with E-state index < -0.39 is 0 Å². The van der Waals surface area contributed by atoms with Crippen LogP contribution < -0.4 is 11.3 Å². The molecule has 1 heterocycles. The maximum atomic E-state index is 11.1. The van der Waals surface area contributed by atoms with Crippen LogP contribution in [0.1, 0.15) is 37.9 Å². The number of hydrogen-bond acceptors (Lipinski definition) is 2. The summed E-state index contributed by atoms with van der Waals surface area (Å²) in [5.74, 6) is 0. The number of aromatic amines is 1. The molecule has 0 unspecified atom stereocenters. The van der Waals surface area contributed by atoms with Gasteiger partial charge in [0.05, 0.1) is 0 Å². The molecule has 3 nitrogen and oxygen atoms in total. The van der Waals surface area contributed by atoms with Crippen molar-refractivity contribution in [3.8, 4) is 0 Å². The van der Waals surface area contributed by atoms with Crippen molar-refractivity contribution in [2.45, 2.75) is 33.7 Å². The van der Waals surface area contributed by atoms with Crippen LogP contribution in [0.5, 0.6) is 0 Å². The number of pyridine rings is 1. The fraction of sp³-hybridized carbons (Fsp3) is 0.545. The SMILES string of the molecule is Cc1cc([C@H](N)C(C)(C)C)c[nH]c1=O. The molecule has 0 amide bonds. The predicted molar refractivity (Wildman–Crippen MR) is 58.2 cm³/mol. The van der Waals surface area contributed by atoms with E-state index in [-0.39, 0.29) is 17.0 Å². The summed E-state index contributed by atoms with van der Waals surface area (Å²) in [5.41, 5.74) is 7.72. The van der Waals surface area contributed by atoms with Gasteiger partial charge in [-0.25, -0.2) is 0 Å². The first-order valence-corrected chi connectivity index (χ1v) is 4.77. The second kappa shape index (κ2) is 3.58. The third-order valence-electron chi connectivity index (χ3n) is 2.40. The lowest BCUT2D eigenvalue weighted by Crippen LogP contribution is -2.27. The zero-order valence-corrected chi connectivity index (χ0v) is 9.22. The Morgan fingerprint density at radius 3 is 2.43 bits per heavy atom. The summed E-state index contributed by atoms with van der Waals surface area (Å²) in [4.78, 5) is 13.8. The van der Waals surface area contributed by atoms with Gasteiger partial charge < -0.3 is 10.7 Å². The second-order valence-corrected chi connectivity index (χ2v) is 4.79. The monoisotopic (exact) mass is 194 g/mol. The van der Waals surface area contributed by atoms with Crippen molar-refractivity contribution in [1.82, 2.24) is 4.98 Å². The lowest BCUT2D eigenvalue weighted by Gasteiger charge is -2.27. The van der Waals surface area contributed by atoms with Crippen LogP contribution in [0.4, 0.5) is 0 Å². The zero-order chi connectivity index (χ0) is 10.9. The average Bonchev–Trinajstić information content (AvgIpc) is 2.07. The van der Waals surface area contributed by atoms with Gasteiger partial charge in [0.2, 0.25) is 0 Å².